The van der Waals surface area contributed by atoms with Gasteiger partial charge in [0.25, 0.3) is 0 Å². The summed E-state index contributed by atoms with van der Waals surface area (Å²) >= 11 is 0. The van der Waals surface area contributed by atoms with E-state index in [2.05, 4.69) is 43.5 Å². The number of rotatable bonds is 53. The van der Waals surface area contributed by atoms with Crippen molar-refractivity contribution in [3.63, 3.8) is 0 Å². The molecule has 1 heterocycles. The van der Waals surface area contributed by atoms with Crippen LogP contribution in [0, 0.1) is 0 Å². The highest BCUT2D eigenvalue weighted by atomic mass is 16.7. The van der Waals surface area contributed by atoms with Crippen LogP contribution in [0.5, 0.6) is 0 Å². The highest BCUT2D eigenvalue weighted by Crippen LogP contribution is 2.23. The number of carbonyl (C=O) groups is 1. The second-order valence-electron chi connectivity index (χ2n) is 21.8. The van der Waals surface area contributed by atoms with Crippen molar-refractivity contribution in [2.24, 2.45) is 0 Å². The third-order valence-corrected chi connectivity index (χ3v) is 15.0. The van der Waals surface area contributed by atoms with Crippen LogP contribution >= 0.6 is 0 Å². The van der Waals surface area contributed by atoms with Gasteiger partial charge in [0.15, 0.2) is 6.29 Å². The normalized spacial score (nSPS) is 20.2. The second-order valence-corrected chi connectivity index (χ2v) is 21.8. The van der Waals surface area contributed by atoms with Gasteiger partial charge >= 0.3 is 0 Å². The minimum absolute atomic E-state index is 0.241. The molecule has 0 aromatic rings. The molecule has 9 unspecified atom stereocenters. The van der Waals surface area contributed by atoms with E-state index in [1.54, 1.807) is 0 Å². The Hall–Kier alpha value is -1.41. The van der Waals surface area contributed by atoms with Crippen LogP contribution in [0.4, 0.5) is 0 Å². The number of unbranched alkanes of at least 4 members (excludes halogenated alkanes) is 37. The van der Waals surface area contributed by atoms with Gasteiger partial charge in [-0.2, -0.15) is 0 Å². The lowest BCUT2D eigenvalue weighted by Crippen LogP contribution is -2.60. The number of nitrogens with one attached hydrogen (secondary N) is 1. The molecule has 1 amide bonds. The summed E-state index contributed by atoms with van der Waals surface area (Å²) in [5.41, 5.74) is 0. The van der Waals surface area contributed by atoms with E-state index in [-0.39, 0.29) is 12.8 Å². The van der Waals surface area contributed by atoms with Crippen LogP contribution in [-0.4, -0.2) is 110 Å². The quantitative estimate of drug-likeness (QED) is 0.0215. The average molecular weight is 1020 g/mol. The average Bonchev–Trinajstić information content (AvgIpc) is 3.38. The van der Waals surface area contributed by atoms with E-state index < -0.39 is 74.2 Å². The van der Waals surface area contributed by atoms with Gasteiger partial charge in [-0.3, -0.25) is 4.79 Å². The van der Waals surface area contributed by atoms with Gasteiger partial charge in [0.2, 0.25) is 5.91 Å². The molecule has 9 atom stereocenters. The number of ether oxygens (including phenoxy) is 2. The Morgan fingerprint density at radius 1 is 0.472 bits per heavy atom. The molecule has 1 aliphatic rings. The van der Waals surface area contributed by atoms with Crippen molar-refractivity contribution in [1.29, 1.82) is 0 Å². The Morgan fingerprint density at radius 2 is 0.819 bits per heavy atom. The lowest BCUT2D eigenvalue weighted by molar-refractivity contribution is -0.303. The molecule has 1 fully saturated rings. The Morgan fingerprint density at radius 3 is 1.19 bits per heavy atom. The fraction of sp³-hybridized carbons (Fsp3) is 0.918. The molecule has 0 aliphatic carbocycles. The molecule has 1 aliphatic heterocycles. The number of allylic oxidation sites excluding steroid dienone is 4. The summed E-state index contributed by atoms with van der Waals surface area (Å²) in [4.78, 5) is 13.2. The fourth-order valence-electron chi connectivity index (χ4n) is 9.97. The van der Waals surface area contributed by atoms with E-state index in [1.807, 2.05) is 0 Å². The Bertz CT molecular complexity index is 1220. The van der Waals surface area contributed by atoms with E-state index >= 15 is 0 Å². The van der Waals surface area contributed by atoms with Crippen LogP contribution in [0.3, 0.4) is 0 Å². The van der Waals surface area contributed by atoms with Gasteiger partial charge < -0.3 is 50.5 Å². The Labute approximate surface area is 442 Å². The number of hydrogen-bond donors (Lipinski definition) is 8. The molecule has 11 heteroatoms. The topological polar surface area (TPSA) is 189 Å². The Balaban J connectivity index is 2.28. The predicted octanol–water partition coefficient (Wildman–Crippen LogP) is 13.3. The van der Waals surface area contributed by atoms with Crippen LogP contribution in [0.2, 0.25) is 0 Å². The molecule has 0 saturated carbocycles. The summed E-state index contributed by atoms with van der Waals surface area (Å²) in [6, 6.07) is -1.19. The summed E-state index contributed by atoms with van der Waals surface area (Å²) in [5.74, 6) is -0.711. The maximum Gasteiger partial charge on any atom is 0.249 e. The minimum Gasteiger partial charge on any atom is -0.394 e. The zero-order valence-electron chi connectivity index (χ0n) is 46.7. The van der Waals surface area contributed by atoms with Crippen molar-refractivity contribution in [3.8, 4) is 0 Å². The van der Waals surface area contributed by atoms with Gasteiger partial charge in [0, 0.05) is 0 Å². The summed E-state index contributed by atoms with van der Waals surface area (Å²) < 4.78 is 11.1. The van der Waals surface area contributed by atoms with Crippen LogP contribution in [-0.2, 0) is 14.3 Å². The summed E-state index contributed by atoms with van der Waals surface area (Å²) in [7, 11) is 0. The molecule has 1 saturated heterocycles. The van der Waals surface area contributed by atoms with Crippen molar-refractivity contribution >= 4 is 5.91 Å². The predicted molar refractivity (Wildman–Crippen MR) is 298 cm³/mol. The highest BCUT2D eigenvalue weighted by Gasteiger charge is 2.44. The molecule has 1 rings (SSSR count). The number of hydrogen-bond acceptors (Lipinski definition) is 10. The van der Waals surface area contributed by atoms with Crippen LogP contribution in [0.15, 0.2) is 24.3 Å². The number of amides is 1. The highest BCUT2D eigenvalue weighted by molar-refractivity contribution is 5.80. The zero-order valence-corrected chi connectivity index (χ0v) is 46.7. The van der Waals surface area contributed by atoms with E-state index in [4.69, 9.17) is 9.47 Å². The molecule has 0 bridgehead atoms. The van der Waals surface area contributed by atoms with E-state index in [0.29, 0.717) is 12.8 Å². The standard InChI is InChI=1S/C61H117NO10/c1-3-5-7-9-11-13-15-17-19-21-22-23-24-25-26-27-28-29-30-31-33-34-36-38-40-42-44-46-48-53(64)56(66)52(51-71-61-59(69)58(68)57(67)55(50-63)72-61)62-60(70)54(65)49-47-45-43-41-39-37-35-32-20-18-16-14-12-10-8-6-4-2/h35,37,40,42,52-59,61,63-69H,3-34,36,38-39,41,43-51H2,1-2H3,(H,62,70)/b37-35-,42-40+. The summed E-state index contributed by atoms with van der Waals surface area (Å²) in [6.45, 7) is 3.47. The molecular formula is C61H117NO10. The summed E-state index contributed by atoms with van der Waals surface area (Å²) in [6.07, 6.45) is 49.6. The van der Waals surface area contributed by atoms with E-state index in [0.717, 1.165) is 51.4 Å². The van der Waals surface area contributed by atoms with Crippen molar-refractivity contribution in [1.82, 2.24) is 5.32 Å². The molecule has 11 nitrogen and oxygen atoms in total. The minimum atomic E-state index is -1.67. The number of aliphatic hydroxyl groups is 7. The van der Waals surface area contributed by atoms with E-state index in [1.165, 1.54) is 199 Å². The first-order valence-corrected chi connectivity index (χ1v) is 30.7. The molecule has 72 heavy (non-hydrogen) atoms. The number of carbonyl (C=O) groups excluding carboxylic acids is 1. The van der Waals surface area contributed by atoms with Crippen molar-refractivity contribution in [2.45, 2.75) is 345 Å². The smallest absolute Gasteiger partial charge is 0.249 e. The largest absolute Gasteiger partial charge is 0.394 e. The SMILES string of the molecule is CCCCCCCCCCC/C=C\CCCCCCC(O)C(=O)NC(COC1OC(CO)C(O)C(O)C1O)C(O)C(O)CCC/C=C/CCCCCCCCCCCCCCCCCCCCCCCCC. The second kappa shape index (κ2) is 50.4. The van der Waals surface area contributed by atoms with Crippen LogP contribution in [0.25, 0.3) is 0 Å². The first-order chi connectivity index (χ1) is 35.2. The molecule has 0 radical (unpaired) electrons. The maximum atomic E-state index is 13.2. The third kappa shape index (κ3) is 38.2. The van der Waals surface area contributed by atoms with Gasteiger partial charge in [0.1, 0.15) is 36.6 Å². The molecule has 0 aromatic heterocycles. The lowest BCUT2D eigenvalue weighted by atomic mass is 9.98. The summed E-state index contributed by atoms with van der Waals surface area (Å²) in [5, 5.41) is 76.2. The van der Waals surface area contributed by atoms with Crippen LogP contribution < -0.4 is 5.32 Å². The van der Waals surface area contributed by atoms with Gasteiger partial charge in [-0.1, -0.05) is 250 Å². The van der Waals surface area contributed by atoms with Crippen molar-refractivity contribution < 1.29 is 50.0 Å². The molecule has 8 N–H and O–H groups in total. The van der Waals surface area contributed by atoms with Crippen molar-refractivity contribution in [3.05, 3.63) is 24.3 Å². The molecule has 426 valence electrons. The van der Waals surface area contributed by atoms with Gasteiger partial charge in [-0.05, 0) is 64.2 Å². The first kappa shape index (κ1) is 68.6. The Kier molecular flexibility index (Phi) is 48.0. The van der Waals surface area contributed by atoms with Crippen molar-refractivity contribution in [2.75, 3.05) is 13.2 Å². The first-order valence-electron chi connectivity index (χ1n) is 30.7. The van der Waals surface area contributed by atoms with Gasteiger partial charge in [-0.25, -0.2) is 0 Å². The van der Waals surface area contributed by atoms with Gasteiger partial charge in [-0.15, -0.1) is 0 Å². The molecule has 0 aromatic carbocycles. The molecular weight excluding hydrogens is 907 g/mol. The van der Waals surface area contributed by atoms with Crippen LogP contribution in [0.1, 0.15) is 290 Å². The maximum absolute atomic E-state index is 13.2. The zero-order chi connectivity index (χ0) is 52.5. The van der Waals surface area contributed by atoms with Gasteiger partial charge in [0.05, 0.1) is 25.4 Å². The fourth-order valence-corrected chi connectivity index (χ4v) is 9.97. The lowest BCUT2D eigenvalue weighted by Gasteiger charge is -2.40. The third-order valence-electron chi connectivity index (χ3n) is 15.0. The molecule has 0 spiro atoms. The number of aliphatic hydroxyl groups excluding tert-OH is 7. The van der Waals surface area contributed by atoms with E-state index in [9.17, 15) is 40.5 Å². The monoisotopic (exact) mass is 1020 g/mol.